The van der Waals surface area contributed by atoms with Crippen molar-refractivity contribution in [1.29, 1.82) is 0 Å². The molecule has 1 aromatic carbocycles. The normalized spacial score (nSPS) is 12.0. The minimum absolute atomic E-state index is 0.233. The first-order chi connectivity index (χ1) is 10.9. The summed E-state index contributed by atoms with van der Waals surface area (Å²) in [5.74, 6) is 0. The number of fused-ring (bicyclic) bond motifs is 1. The van der Waals surface area contributed by atoms with Gasteiger partial charge in [0.1, 0.15) is 0 Å². The predicted molar refractivity (Wildman–Crippen MR) is 95.6 cm³/mol. The van der Waals surface area contributed by atoms with E-state index in [9.17, 15) is 8.42 Å². The first-order valence-electron chi connectivity index (χ1n) is 7.03. The average Bonchev–Trinajstić information content (AvgIpc) is 2.91. The molecule has 0 saturated heterocycles. The summed E-state index contributed by atoms with van der Waals surface area (Å²) in [5, 5.41) is 1.08. The number of nitrogens with zero attached hydrogens (tertiary/aromatic N) is 2. The van der Waals surface area contributed by atoms with Crippen molar-refractivity contribution in [3.8, 4) is 0 Å². The molecule has 2 aromatic heterocycles. The largest absolute Gasteiger partial charge is 0.269 e. The van der Waals surface area contributed by atoms with E-state index in [1.165, 1.54) is 10.2 Å². The van der Waals surface area contributed by atoms with Crippen LogP contribution in [0.15, 0.2) is 45.9 Å². The lowest BCUT2D eigenvalue weighted by Gasteiger charge is -2.11. The van der Waals surface area contributed by atoms with Gasteiger partial charge in [-0.1, -0.05) is 36.2 Å². The fourth-order valence-electron chi connectivity index (χ4n) is 2.45. The minimum Gasteiger partial charge on any atom is -0.236 e. The van der Waals surface area contributed by atoms with Gasteiger partial charge in [0, 0.05) is 17.3 Å². The summed E-state index contributed by atoms with van der Waals surface area (Å²) in [4.78, 5) is 4.50. The van der Waals surface area contributed by atoms with Gasteiger partial charge in [0.15, 0.2) is 5.65 Å². The van der Waals surface area contributed by atoms with Gasteiger partial charge in [-0.15, -0.1) is 0 Å². The van der Waals surface area contributed by atoms with Crippen molar-refractivity contribution < 1.29 is 8.42 Å². The number of rotatable bonds is 3. The van der Waals surface area contributed by atoms with Crippen LogP contribution in [0, 0.1) is 6.92 Å². The van der Waals surface area contributed by atoms with Crippen LogP contribution in [0.3, 0.4) is 0 Å². The molecule has 0 aliphatic heterocycles. The second-order valence-electron chi connectivity index (χ2n) is 5.23. The van der Waals surface area contributed by atoms with Gasteiger partial charge in [-0.3, -0.25) is 0 Å². The third-order valence-corrected chi connectivity index (χ3v) is 6.67. The van der Waals surface area contributed by atoms with Gasteiger partial charge in [0.05, 0.1) is 14.4 Å². The SMILES string of the molecule is CCc1cc2c(Cl)c(Br)cnc2n1S(=O)(=O)c1ccc(C)cc1. The van der Waals surface area contributed by atoms with E-state index >= 15 is 0 Å². The van der Waals surface area contributed by atoms with E-state index in [0.29, 0.717) is 32.6 Å². The molecule has 0 spiro atoms. The van der Waals surface area contributed by atoms with Gasteiger partial charge in [-0.2, -0.15) is 0 Å². The molecular weight excluding hydrogens is 400 g/mol. The zero-order valence-corrected chi connectivity index (χ0v) is 15.7. The summed E-state index contributed by atoms with van der Waals surface area (Å²) >= 11 is 9.61. The monoisotopic (exact) mass is 412 g/mol. The van der Waals surface area contributed by atoms with Gasteiger partial charge in [-0.05, 0) is 47.5 Å². The van der Waals surface area contributed by atoms with Crippen LogP contribution in [0.5, 0.6) is 0 Å². The average molecular weight is 414 g/mol. The molecule has 0 amide bonds. The van der Waals surface area contributed by atoms with Crippen molar-refractivity contribution >= 4 is 48.6 Å². The second kappa shape index (κ2) is 5.92. The maximum atomic E-state index is 13.1. The van der Waals surface area contributed by atoms with E-state index in [0.717, 1.165) is 5.56 Å². The summed E-state index contributed by atoms with van der Waals surface area (Å²) < 4.78 is 28.0. The lowest BCUT2D eigenvalue weighted by atomic mass is 10.2. The van der Waals surface area contributed by atoms with E-state index in [4.69, 9.17) is 11.6 Å². The Hall–Kier alpha value is -1.37. The highest BCUT2D eigenvalue weighted by molar-refractivity contribution is 9.10. The van der Waals surface area contributed by atoms with E-state index < -0.39 is 10.0 Å². The standard InChI is InChI=1S/C16H14BrClN2O2S/c1-3-11-8-13-15(18)14(17)9-19-16(13)20(11)23(21,22)12-6-4-10(2)5-7-12/h4-9H,3H2,1-2H3. The summed E-state index contributed by atoms with van der Waals surface area (Å²) in [5.41, 5.74) is 1.99. The zero-order valence-electron chi connectivity index (χ0n) is 12.5. The Labute approximate surface area is 148 Å². The third kappa shape index (κ3) is 2.69. The summed E-state index contributed by atoms with van der Waals surface area (Å²) in [7, 11) is -3.73. The van der Waals surface area contributed by atoms with Crippen LogP contribution in [0.1, 0.15) is 18.2 Å². The highest BCUT2D eigenvalue weighted by atomic mass is 79.9. The van der Waals surface area contributed by atoms with Crippen LogP contribution in [-0.4, -0.2) is 17.4 Å². The molecule has 0 fully saturated rings. The third-order valence-electron chi connectivity index (χ3n) is 3.67. The van der Waals surface area contributed by atoms with Crippen molar-refractivity contribution in [2.45, 2.75) is 25.2 Å². The highest BCUT2D eigenvalue weighted by Gasteiger charge is 2.24. The van der Waals surface area contributed by atoms with Gasteiger partial charge in [0.2, 0.25) is 0 Å². The highest BCUT2D eigenvalue weighted by Crippen LogP contribution is 2.33. The second-order valence-corrected chi connectivity index (χ2v) is 8.25. The molecule has 120 valence electrons. The van der Waals surface area contributed by atoms with E-state index in [2.05, 4.69) is 20.9 Å². The Balaban J connectivity index is 2.34. The van der Waals surface area contributed by atoms with Gasteiger partial charge in [-0.25, -0.2) is 17.4 Å². The molecule has 3 rings (SSSR count). The first-order valence-corrected chi connectivity index (χ1v) is 9.64. The first kappa shape index (κ1) is 16.5. The molecule has 0 aliphatic rings. The summed E-state index contributed by atoms with van der Waals surface area (Å²) in [6, 6.07) is 8.55. The number of pyridine rings is 1. The Morgan fingerprint density at radius 3 is 2.52 bits per heavy atom. The van der Waals surface area contributed by atoms with Gasteiger partial charge >= 0.3 is 0 Å². The smallest absolute Gasteiger partial charge is 0.236 e. The molecule has 0 saturated carbocycles. The molecule has 4 nitrogen and oxygen atoms in total. The maximum absolute atomic E-state index is 13.1. The van der Waals surface area contributed by atoms with Crippen LogP contribution in [-0.2, 0) is 16.4 Å². The molecule has 0 radical (unpaired) electrons. The van der Waals surface area contributed by atoms with Crippen molar-refractivity contribution in [3.05, 3.63) is 57.3 Å². The lowest BCUT2D eigenvalue weighted by Crippen LogP contribution is -2.16. The Bertz CT molecular complexity index is 995. The number of aryl methyl sites for hydroxylation is 2. The van der Waals surface area contributed by atoms with Crippen molar-refractivity contribution in [3.63, 3.8) is 0 Å². The maximum Gasteiger partial charge on any atom is 0.269 e. The Morgan fingerprint density at radius 2 is 1.91 bits per heavy atom. The van der Waals surface area contributed by atoms with Crippen LogP contribution in [0.25, 0.3) is 11.0 Å². The number of aromatic nitrogens is 2. The topological polar surface area (TPSA) is 52.0 Å². The summed E-state index contributed by atoms with van der Waals surface area (Å²) in [6.45, 7) is 3.82. The molecule has 23 heavy (non-hydrogen) atoms. The Morgan fingerprint density at radius 1 is 1.26 bits per heavy atom. The van der Waals surface area contributed by atoms with Crippen molar-refractivity contribution in [1.82, 2.24) is 8.96 Å². The summed E-state index contributed by atoms with van der Waals surface area (Å²) in [6.07, 6.45) is 2.07. The van der Waals surface area contributed by atoms with Crippen molar-refractivity contribution in [2.75, 3.05) is 0 Å². The number of halogens is 2. The zero-order chi connectivity index (χ0) is 16.8. The van der Waals surface area contributed by atoms with Crippen LogP contribution in [0.2, 0.25) is 5.02 Å². The Kier molecular flexibility index (Phi) is 4.25. The molecular formula is C16H14BrClN2O2S. The molecule has 3 aromatic rings. The predicted octanol–water partition coefficient (Wildman–Crippen LogP) is 4.56. The van der Waals surface area contributed by atoms with E-state index in [1.807, 2.05) is 13.8 Å². The van der Waals surface area contributed by atoms with Crippen LogP contribution < -0.4 is 0 Å². The van der Waals surface area contributed by atoms with Crippen LogP contribution >= 0.6 is 27.5 Å². The van der Waals surface area contributed by atoms with Crippen LogP contribution in [0.4, 0.5) is 0 Å². The molecule has 2 heterocycles. The minimum atomic E-state index is -3.73. The molecule has 7 heteroatoms. The lowest BCUT2D eigenvalue weighted by molar-refractivity contribution is 0.587. The molecule has 0 N–H and O–H groups in total. The van der Waals surface area contributed by atoms with Gasteiger partial charge < -0.3 is 0 Å². The molecule has 0 unspecified atom stereocenters. The molecule has 0 atom stereocenters. The van der Waals surface area contributed by atoms with Crippen molar-refractivity contribution in [2.24, 2.45) is 0 Å². The number of benzene rings is 1. The van der Waals surface area contributed by atoms with E-state index in [1.54, 1.807) is 30.3 Å². The molecule has 0 bridgehead atoms. The molecule has 0 aliphatic carbocycles. The number of hydrogen-bond acceptors (Lipinski definition) is 3. The van der Waals surface area contributed by atoms with Gasteiger partial charge in [0.25, 0.3) is 10.0 Å². The fourth-order valence-corrected chi connectivity index (χ4v) is 4.51. The number of hydrogen-bond donors (Lipinski definition) is 0. The van der Waals surface area contributed by atoms with E-state index in [-0.39, 0.29) is 4.90 Å². The quantitative estimate of drug-likeness (QED) is 0.632. The fraction of sp³-hybridized carbons (Fsp3) is 0.188.